The summed E-state index contributed by atoms with van der Waals surface area (Å²) in [6.45, 7) is 4.73. The highest BCUT2D eigenvalue weighted by Gasteiger charge is 2.44. The fourth-order valence-electron chi connectivity index (χ4n) is 4.39. The number of fused-ring (bicyclic) bond motifs is 1. The predicted octanol–water partition coefficient (Wildman–Crippen LogP) is 4.86. The summed E-state index contributed by atoms with van der Waals surface area (Å²) in [5, 5.41) is 5.01. The summed E-state index contributed by atoms with van der Waals surface area (Å²) in [6.07, 6.45) is 5.32. The zero-order valence-electron chi connectivity index (χ0n) is 16.9. The molecular formula is C23H22ClN5O. The van der Waals surface area contributed by atoms with Gasteiger partial charge in [-0.25, -0.2) is 9.67 Å². The van der Waals surface area contributed by atoms with Crippen molar-refractivity contribution in [3.63, 3.8) is 0 Å². The molecule has 1 unspecified atom stereocenters. The molecule has 30 heavy (non-hydrogen) atoms. The molecule has 1 amide bonds. The van der Waals surface area contributed by atoms with Gasteiger partial charge in [0.05, 0.1) is 27.8 Å². The molecule has 1 saturated heterocycles. The highest BCUT2D eigenvalue weighted by molar-refractivity contribution is 6.32. The minimum atomic E-state index is -0.522. The minimum Gasteiger partial charge on any atom is -0.340 e. The van der Waals surface area contributed by atoms with E-state index in [1.54, 1.807) is 10.9 Å². The van der Waals surface area contributed by atoms with Gasteiger partial charge in [0.15, 0.2) is 0 Å². The molecule has 0 spiro atoms. The highest BCUT2D eigenvalue weighted by Crippen LogP contribution is 2.40. The quantitative estimate of drug-likeness (QED) is 0.515. The smallest absolute Gasteiger partial charge is 0.256 e. The number of nitrogens with one attached hydrogen (secondary N) is 1. The van der Waals surface area contributed by atoms with Crippen molar-refractivity contribution in [2.24, 2.45) is 0 Å². The second-order valence-corrected chi connectivity index (χ2v) is 8.36. The molecular weight excluding hydrogens is 398 g/mol. The van der Waals surface area contributed by atoms with E-state index in [1.807, 2.05) is 60.5 Å². The Labute approximate surface area is 179 Å². The third kappa shape index (κ3) is 2.82. The number of aromatic amines is 1. The lowest BCUT2D eigenvalue weighted by Crippen LogP contribution is -2.44. The van der Waals surface area contributed by atoms with Crippen molar-refractivity contribution in [1.82, 2.24) is 24.6 Å². The Hall–Kier alpha value is -3.12. The maximum absolute atomic E-state index is 13.7. The van der Waals surface area contributed by atoms with E-state index in [-0.39, 0.29) is 5.91 Å². The van der Waals surface area contributed by atoms with Crippen LogP contribution in [0.5, 0.6) is 0 Å². The number of amides is 1. The molecule has 1 aliphatic heterocycles. The zero-order chi connectivity index (χ0) is 20.9. The van der Waals surface area contributed by atoms with Crippen molar-refractivity contribution >= 4 is 28.5 Å². The summed E-state index contributed by atoms with van der Waals surface area (Å²) in [5.41, 5.74) is 3.62. The predicted molar refractivity (Wildman–Crippen MR) is 117 cm³/mol. The molecule has 1 N–H and O–H groups in total. The van der Waals surface area contributed by atoms with Crippen molar-refractivity contribution in [3.8, 4) is 5.69 Å². The van der Waals surface area contributed by atoms with Gasteiger partial charge in [0.2, 0.25) is 0 Å². The Kier molecular flexibility index (Phi) is 4.40. The van der Waals surface area contributed by atoms with Gasteiger partial charge in [-0.15, -0.1) is 0 Å². The number of aromatic nitrogens is 4. The SMILES string of the molecule is Cc1c(Cl)ccc2[nH]c(C3(C)CCCN3C(=O)c3ccccc3-n3cccn3)nc12. The van der Waals surface area contributed by atoms with E-state index < -0.39 is 5.54 Å². The van der Waals surface area contributed by atoms with E-state index in [0.717, 1.165) is 41.0 Å². The van der Waals surface area contributed by atoms with Gasteiger partial charge in [-0.1, -0.05) is 23.7 Å². The van der Waals surface area contributed by atoms with Gasteiger partial charge in [0.25, 0.3) is 5.91 Å². The molecule has 3 heterocycles. The minimum absolute atomic E-state index is 0.0173. The molecule has 152 valence electrons. The number of rotatable bonds is 3. The number of halogens is 1. The first-order chi connectivity index (χ1) is 14.5. The van der Waals surface area contributed by atoms with Crippen LogP contribution in [0.1, 0.15) is 41.5 Å². The van der Waals surface area contributed by atoms with Gasteiger partial charge < -0.3 is 9.88 Å². The van der Waals surface area contributed by atoms with Crippen LogP contribution in [0.3, 0.4) is 0 Å². The van der Waals surface area contributed by atoms with Crippen LogP contribution in [0, 0.1) is 6.92 Å². The number of aryl methyl sites for hydroxylation is 1. The topological polar surface area (TPSA) is 66.8 Å². The van der Waals surface area contributed by atoms with Crippen molar-refractivity contribution in [3.05, 3.63) is 76.8 Å². The first-order valence-corrected chi connectivity index (χ1v) is 10.4. The van der Waals surface area contributed by atoms with Crippen molar-refractivity contribution in [2.75, 3.05) is 6.54 Å². The van der Waals surface area contributed by atoms with Crippen LogP contribution >= 0.6 is 11.6 Å². The van der Waals surface area contributed by atoms with E-state index in [1.165, 1.54) is 0 Å². The number of imidazole rings is 1. The number of hydrogen-bond donors (Lipinski definition) is 1. The molecule has 0 aliphatic carbocycles. The fraction of sp³-hybridized carbons (Fsp3) is 0.261. The molecule has 1 fully saturated rings. The van der Waals surface area contributed by atoms with Gasteiger partial charge in [-0.3, -0.25) is 4.79 Å². The highest BCUT2D eigenvalue weighted by atomic mass is 35.5. The Morgan fingerprint density at radius 3 is 2.83 bits per heavy atom. The first kappa shape index (κ1) is 18.9. The number of benzene rings is 2. The first-order valence-electron chi connectivity index (χ1n) is 10.1. The number of hydrogen-bond acceptors (Lipinski definition) is 3. The van der Waals surface area contributed by atoms with Crippen molar-refractivity contribution < 1.29 is 4.79 Å². The molecule has 0 saturated carbocycles. The third-order valence-electron chi connectivity index (χ3n) is 6.12. The standard InChI is InChI=1S/C23H22ClN5O/c1-15-17(24)9-10-18-20(15)27-22(26-18)23(2)11-5-13-28(23)21(30)16-7-3-4-8-19(16)29-14-6-12-25-29/h3-4,6-10,12,14H,5,11,13H2,1-2H3,(H,26,27). The molecule has 5 rings (SSSR count). The Bertz CT molecular complexity index is 1250. The summed E-state index contributed by atoms with van der Waals surface area (Å²) in [6, 6.07) is 13.3. The molecule has 6 nitrogen and oxygen atoms in total. The third-order valence-corrected chi connectivity index (χ3v) is 6.53. The van der Waals surface area contributed by atoms with Crippen LogP contribution in [0.2, 0.25) is 5.02 Å². The number of likely N-dealkylation sites (tertiary alicyclic amines) is 1. The molecule has 4 aromatic rings. The summed E-state index contributed by atoms with van der Waals surface area (Å²) in [4.78, 5) is 24.0. The summed E-state index contributed by atoms with van der Waals surface area (Å²) in [7, 11) is 0. The van der Waals surface area contributed by atoms with Gasteiger partial charge in [-0.05, 0) is 62.6 Å². The van der Waals surface area contributed by atoms with E-state index in [4.69, 9.17) is 16.6 Å². The molecule has 1 aliphatic rings. The molecule has 0 bridgehead atoms. The molecule has 0 radical (unpaired) electrons. The lowest BCUT2D eigenvalue weighted by atomic mass is 9.97. The van der Waals surface area contributed by atoms with Crippen LogP contribution in [-0.4, -0.2) is 37.1 Å². The maximum Gasteiger partial charge on any atom is 0.256 e. The summed E-state index contributed by atoms with van der Waals surface area (Å²) in [5.74, 6) is 0.779. The van der Waals surface area contributed by atoms with E-state index in [0.29, 0.717) is 17.1 Å². The Balaban J connectivity index is 1.58. The Morgan fingerprint density at radius 1 is 1.20 bits per heavy atom. The average Bonchev–Trinajstić information content (AvgIpc) is 3.50. The zero-order valence-corrected chi connectivity index (χ0v) is 17.6. The van der Waals surface area contributed by atoms with Crippen molar-refractivity contribution in [1.29, 1.82) is 0 Å². The monoisotopic (exact) mass is 419 g/mol. The largest absolute Gasteiger partial charge is 0.340 e. The molecule has 7 heteroatoms. The lowest BCUT2D eigenvalue weighted by molar-refractivity contribution is 0.0606. The molecule has 2 aromatic heterocycles. The lowest BCUT2D eigenvalue weighted by Gasteiger charge is -2.34. The van der Waals surface area contributed by atoms with E-state index >= 15 is 0 Å². The summed E-state index contributed by atoms with van der Waals surface area (Å²) >= 11 is 6.29. The van der Waals surface area contributed by atoms with Gasteiger partial charge >= 0.3 is 0 Å². The molecule has 1 atom stereocenters. The Morgan fingerprint density at radius 2 is 2.03 bits per heavy atom. The van der Waals surface area contributed by atoms with Gasteiger partial charge in [0, 0.05) is 24.0 Å². The molecule has 2 aromatic carbocycles. The van der Waals surface area contributed by atoms with E-state index in [2.05, 4.69) is 17.0 Å². The van der Waals surface area contributed by atoms with Crippen LogP contribution in [0.15, 0.2) is 54.9 Å². The number of carbonyl (C=O) groups is 1. The number of carbonyl (C=O) groups excluding carboxylic acids is 1. The van der Waals surface area contributed by atoms with E-state index in [9.17, 15) is 4.79 Å². The normalized spacial score (nSPS) is 19.0. The van der Waals surface area contributed by atoms with Crippen LogP contribution in [0.4, 0.5) is 0 Å². The van der Waals surface area contributed by atoms with Crippen molar-refractivity contribution in [2.45, 2.75) is 32.2 Å². The maximum atomic E-state index is 13.7. The summed E-state index contributed by atoms with van der Waals surface area (Å²) < 4.78 is 1.73. The van der Waals surface area contributed by atoms with Crippen LogP contribution in [0.25, 0.3) is 16.7 Å². The second kappa shape index (κ2) is 6.99. The van der Waals surface area contributed by atoms with Gasteiger partial charge in [-0.2, -0.15) is 5.10 Å². The average molecular weight is 420 g/mol. The van der Waals surface area contributed by atoms with Crippen LogP contribution in [-0.2, 0) is 5.54 Å². The number of nitrogens with zero attached hydrogens (tertiary/aromatic N) is 4. The van der Waals surface area contributed by atoms with Crippen LogP contribution < -0.4 is 0 Å². The second-order valence-electron chi connectivity index (χ2n) is 7.96. The number of H-pyrrole nitrogens is 1. The fourth-order valence-corrected chi connectivity index (χ4v) is 4.54. The number of para-hydroxylation sites is 1. The van der Waals surface area contributed by atoms with Gasteiger partial charge in [0.1, 0.15) is 5.82 Å².